The second kappa shape index (κ2) is 3.76. The van der Waals surface area contributed by atoms with E-state index in [1.807, 2.05) is 24.3 Å². The van der Waals surface area contributed by atoms with Crippen molar-refractivity contribution in [3.63, 3.8) is 0 Å². The second-order valence-corrected chi connectivity index (χ2v) is 2.34. The molecule has 0 fully saturated rings. The Morgan fingerprint density at radius 3 is 2.73 bits per heavy atom. The van der Waals surface area contributed by atoms with Gasteiger partial charge >= 0.3 is 0 Å². The molecule has 1 N–H and O–H groups in total. The fourth-order valence-electron chi connectivity index (χ4n) is 0.731. The van der Waals surface area contributed by atoms with Gasteiger partial charge in [0, 0.05) is 5.69 Å². The number of anilines is 1. The van der Waals surface area contributed by atoms with Gasteiger partial charge in [0.15, 0.2) is 0 Å². The number of nitrogens with one attached hydrogen (secondary N) is 1. The van der Waals surface area contributed by atoms with Crippen molar-refractivity contribution in [2.45, 2.75) is 6.92 Å². The second-order valence-electron chi connectivity index (χ2n) is 2.34. The van der Waals surface area contributed by atoms with Gasteiger partial charge in [-0.25, -0.2) is 0 Å². The van der Waals surface area contributed by atoms with Crippen molar-refractivity contribution < 1.29 is 4.79 Å². The maximum absolute atomic E-state index is 10.5. The van der Waals surface area contributed by atoms with Crippen molar-refractivity contribution in [3.05, 3.63) is 30.3 Å². The van der Waals surface area contributed by atoms with Gasteiger partial charge in [-0.05, 0) is 25.1 Å². The molecule has 0 saturated carbocycles. The van der Waals surface area contributed by atoms with Gasteiger partial charge in [0.1, 0.15) is 5.78 Å². The van der Waals surface area contributed by atoms with Gasteiger partial charge in [0.2, 0.25) is 0 Å². The Balaban J connectivity index is 2.45. The minimum Gasteiger partial charge on any atom is -0.378 e. The van der Waals surface area contributed by atoms with E-state index in [-0.39, 0.29) is 5.78 Å². The van der Waals surface area contributed by atoms with Gasteiger partial charge in [-0.2, -0.15) is 0 Å². The van der Waals surface area contributed by atoms with Crippen LogP contribution in [0.3, 0.4) is 0 Å². The summed E-state index contributed by atoms with van der Waals surface area (Å²) in [4.78, 5) is 10.5. The zero-order valence-electron chi connectivity index (χ0n) is 6.42. The highest BCUT2D eigenvalue weighted by Crippen LogP contribution is 2.02. The predicted molar refractivity (Wildman–Crippen MR) is 44.4 cm³/mol. The van der Waals surface area contributed by atoms with E-state index in [0.717, 1.165) is 5.69 Å². The summed E-state index contributed by atoms with van der Waals surface area (Å²) in [5.41, 5.74) is 0.957. The van der Waals surface area contributed by atoms with E-state index >= 15 is 0 Å². The molecule has 1 radical (unpaired) electrons. The lowest BCUT2D eigenvalue weighted by Crippen LogP contribution is -2.09. The zero-order chi connectivity index (χ0) is 8.10. The molecule has 0 spiro atoms. The maximum Gasteiger partial charge on any atom is 0.148 e. The number of benzene rings is 1. The summed E-state index contributed by atoms with van der Waals surface area (Å²) in [6.45, 7) is 1.95. The lowest BCUT2D eigenvalue weighted by molar-refractivity contribution is -0.115. The molecule has 0 heterocycles. The van der Waals surface area contributed by atoms with Crippen LogP contribution in [0.5, 0.6) is 0 Å². The number of Topliss-reactive ketones (excluding diaryl/α,β-unsaturated/α-hetero) is 1. The topological polar surface area (TPSA) is 29.1 Å². The summed E-state index contributed by atoms with van der Waals surface area (Å²) >= 11 is 0. The summed E-state index contributed by atoms with van der Waals surface area (Å²) in [5.74, 6) is 0.137. The van der Waals surface area contributed by atoms with Gasteiger partial charge < -0.3 is 5.32 Å². The molecule has 0 saturated heterocycles. The number of carbonyl (C=O) groups excluding carboxylic acids is 1. The van der Waals surface area contributed by atoms with Crippen LogP contribution in [0, 0.1) is 6.07 Å². The van der Waals surface area contributed by atoms with Crippen LogP contribution in [0.25, 0.3) is 0 Å². The van der Waals surface area contributed by atoms with Crippen molar-refractivity contribution in [1.82, 2.24) is 0 Å². The van der Waals surface area contributed by atoms with Crippen molar-refractivity contribution in [2.75, 3.05) is 11.9 Å². The van der Waals surface area contributed by atoms with E-state index in [0.29, 0.717) is 6.54 Å². The molecule has 57 valence electrons. The first-order valence-electron chi connectivity index (χ1n) is 3.48. The molecule has 2 nitrogen and oxygen atoms in total. The van der Waals surface area contributed by atoms with Crippen LogP contribution in [-0.2, 0) is 4.79 Å². The lowest BCUT2D eigenvalue weighted by Gasteiger charge is -2.01. The number of carbonyl (C=O) groups is 1. The first kappa shape index (κ1) is 7.79. The number of hydrogen-bond donors (Lipinski definition) is 1. The monoisotopic (exact) mass is 148 g/mol. The molecule has 0 aliphatic carbocycles. The normalized spacial score (nSPS) is 9.18. The van der Waals surface area contributed by atoms with Crippen LogP contribution < -0.4 is 5.32 Å². The summed E-state index contributed by atoms with van der Waals surface area (Å²) in [6.07, 6.45) is 0. The highest BCUT2D eigenvalue weighted by molar-refractivity contribution is 5.80. The van der Waals surface area contributed by atoms with E-state index < -0.39 is 0 Å². The molecule has 0 amide bonds. The standard InChI is InChI=1S/C9H10NO/c1-8(11)7-10-9-5-3-2-4-6-9/h3-6,10H,7H2,1H3. The highest BCUT2D eigenvalue weighted by atomic mass is 16.1. The quantitative estimate of drug-likeness (QED) is 0.703. The number of ketones is 1. The van der Waals surface area contributed by atoms with E-state index in [9.17, 15) is 4.79 Å². The molecule has 0 unspecified atom stereocenters. The van der Waals surface area contributed by atoms with E-state index in [1.54, 1.807) is 6.92 Å². The molecular weight excluding hydrogens is 138 g/mol. The zero-order valence-corrected chi connectivity index (χ0v) is 6.42. The van der Waals surface area contributed by atoms with Gasteiger partial charge in [-0.1, -0.05) is 12.1 Å². The average molecular weight is 148 g/mol. The molecule has 1 aromatic carbocycles. The van der Waals surface area contributed by atoms with Crippen LogP contribution in [-0.4, -0.2) is 12.3 Å². The summed E-state index contributed by atoms with van der Waals surface area (Å²) in [6, 6.07) is 10.3. The van der Waals surface area contributed by atoms with Crippen molar-refractivity contribution in [1.29, 1.82) is 0 Å². The van der Waals surface area contributed by atoms with Crippen molar-refractivity contribution in [2.24, 2.45) is 0 Å². The largest absolute Gasteiger partial charge is 0.378 e. The molecule has 11 heavy (non-hydrogen) atoms. The summed E-state index contributed by atoms with van der Waals surface area (Å²) in [5, 5.41) is 2.97. The van der Waals surface area contributed by atoms with Crippen molar-refractivity contribution in [3.8, 4) is 0 Å². The van der Waals surface area contributed by atoms with Crippen LogP contribution in [0.2, 0.25) is 0 Å². The van der Waals surface area contributed by atoms with Crippen LogP contribution in [0.15, 0.2) is 24.3 Å². The van der Waals surface area contributed by atoms with Crippen molar-refractivity contribution >= 4 is 11.5 Å². The fraction of sp³-hybridized carbons (Fsp3) is 0.222. The Morgan fingerprint density at radius 2 is 2.18 bits per heavy atom. The minimum atomic E-state index is 0.137. The molecule has 1 rings (SSSR count). The molecule has 0 bridgehead atoms. The Labute approximate surface area is 66.2 Å². The molecule has 0 aliphatic heterocycles. The van der Waals surface area contributed by atoms with E-state index in [2.05, 4.69) is 11.4 Å². The van der Waals surface area contributed by atoms with Gasteiger partial charge in [0.25, 0.3) is 0 Å². The summed E-state index contributed by atoms with van der Waals surface area (Å²) in [7, 11) is 0. The van der Waals surface area contributed by atoms with Gasteiger partial charge in [-0.15, -0.1) is 0 Å². The highest BCUT2D eigenvalue weighted by Gasteiger charge is 1.91. The number of rotatable bonds is 3. The molecule has 1 aromatic rings. The molecule has 0 aromatic heterocycles. The SMILES string of the molecule is CC(=O)CNc1cc[c]cc1. The van der Waals surface area contributed by atoms with Gasteiger partial charge in [0.05, 0.1) is 6.54 Å². The fourth-order valence-corrected chi connectivity index (χ4v) is 0.731. The molecule has 0 aliphatic rings. The molecular formula is C9H10NO. The third-order valence-electron chi connectivity index (χ3n) is 1.26. The predicted octanol–water partition coefficient (Wildman–Crippen LogP) is 1.49. The van der Waals surface area contributed by atoms with Crippen LogP contribution in [0.4, 0.5) is 5.69 Å². The smallest absolute Gasteiger partial charge is 0.148 e. The third kappa shape index (κ3) is 2.85. The molecule has 2 heteroatoms. The summed E-state index contributed by atoms with van der Waals surface area (Å²) < 4.78 is 0. The van der Waals surface area contributed by atoms with E-state index in [4.69, 9.17) is 0 Å². The minimum absolute atomic E-state index is 0.137. The Hall–Kier alpha value is -1.31. The number of hydrogen-bond acceptors (Lipinski definition) is 2. The van der Waals surface area contributed by atoms with Crippen LogP contribution >= 0.6 is 0 Å². The first-order valence-corrected chi connectivity index (χ1v) is 3.48. The van der Waals surface area contributed by atoms with Gasteiger partial charge in [-0.3, -0.25) is 4.79 Å². The average Bonchev–Trinajstić information content (AvgIpc) is 2.03. The van der Waals surface area contributed by atoms with E-state index in [1.165, 1.54) is 0 Å². The Kier molecular flexibility index (Phi) is 2.66. The lowest BCUT2D eigenvalue weighted by atomic mass is 10.3. The maximum atomic E-state index is 10.5. The first-order chi connectivity index (χ1) is 5.29. The van der Waals surface area contributed by atoms with Crippen LogP contribution in [0.1, 0.15) is 6.92 Å². The Bertz CT molecular complexity index is 231. The molecule has 0 atom stereocenters. The Morgan fingerprint density at radius 1 is 1.55 bits per heavy atom. The third-order valence-corrected chi connectivity index (χ3v) is 1.26.